The number of pyridine rings is 1. The molecule has 2 aromatic rings. The second-order valence-corrected chi connectivity index (χ2v) is 9.14. The van der Waals surface area contributed by atoms with E-state index in [9.17, 15) is 14.7 Å². The minimum absolute atomic E-state index is 0.0368. The van der Waals surface area contributed by atoms with Gasteiger partial charge in [0.2, 0.25) is 0 Å². The van der Waals surface area contributed by atoms with Gasteiger partial charge in [0.05, 0.1) is 11.3 Å². The number of nitrogens with one attached hydrogen (secondary N) is 4. The summed E-state index contributed by atoms with van der Waals surface area (Å²) in [5.74, 6) is -0.0210. The summed E-state index contributed by atoms with van der Waals surface area (Å²) in [7, 11) is 0. The summed E-state index contributed by atoms with van der Waals surface area (Å²) >= 11 is 0. The summed E-state index contributed by atoms with van der Waals surface area (Å²) in [5, 5.41) is 24.2. The number of dihydropyridines is 1. The molecular formula is C27H34N6O4. The monoisotopic (exact) mass is 506 g/mol. The van der Waals surface area contributed by atoms with Crippen molar-refractivity contribution in [2.45, 2.75) is 46.4 Å². The first kappa shape index (κ1) is 27.6. The molecule has 1 unspecified atom stereocenters. The molecule has 2 heterocycles. The highest BCUT2D eigenvalue weighted by molar-refractivity contribution is 6.26. The van der Waals surface area contributed by atoms with E-state index in [0.717, 1.165) is 11.3 Å². The number of aliphatic hydroxyl groups is 1. The van der Waals surface area contributed by atoms with E-state index in [2.05, 4.69) is 20.6 Å². The third-order valence-corrected chi connectivity index (χ3v) is 5.63. The molecule has 1 amide bonds. The molecule has 1 aliphatic heterocycles. The van der Waals surface area contributed by atoms with Gasteiger partial charge >= 0.3 is 0 Å². The van der Waals surface area contributed by atoms with E-state index >= 15 is 0 Å². The van der Waals surface area contributed by atoms with Crippen molar-refractivity contribution in [3.63, 3.8) is 0 Å². The SMILES string of the molecule is Cc1cc(C)c(CNC(=O)C2=CC(c3cccc(OCC(O)CN)c3)=NC(=N)/C2=C\NC(C)C)c(=O)[nH]1. The second-order valence-electron chi connectivity index (χ2n) is 9.14. The van der Waals surface area contributed by atoms with Gasteiger partial charge in [0.25, 0.3) is 11.5 Å². The lowest BCUT2D eigenvalue weighted by Gasteiger charge is -2.19. The molecule has 10 nitrogen and oxygen atoms in total. The van der Waals surface area contributed by atoms with E-state index in [1.807, 2.05) is 26.8 Å². The molecule has 0 saturated heterocycles. The summed E-state index contributed by atoms with van der Waals surface area (Å²) in [5.41, 5.74) is 8.80. The van der Waals surface area contributed by atoms with Gasteiger partial charge in [0.15, 0.2) is 5.84 Å². The smallest absolute Gasteiger partial charge is 0.253 e. The number of benzene rings is 1. The van der Waals surface area contributed by atoms with E-state index in [4.69, 9.17) is 15.9 Å². The predicted molar refractivity (Wildman–Crippen MR) is 144 cm³/mol. The van der Waals surface area contributed by atoms with Gasteiger partial charge < -0.3 is 31.2 Å². The number of rotatable bonds is 10. The average molecular weight is 507 g/mol. The Morgan fingerprint density at radius 2 is 2.05 bits per heavy atom. The molecule has 10 heteroatoms. The topological polar surface area (TPSA) is 166 Å². The molecule has 1 aromatic carbocycles. The molecule has 1 aromatic heterocycles. The lowest BCUT2D eigenvalue weighted by atomic mass is 9.96. The van der Waals surface area contributed by atoms with Crippen molar-refractivity contribution in [2.75, 3.05) is 13.2 Å². The summed E-state index contributed by atoms with van der Waals surface area (Å²) in [6.07, 6.45) is 2.43. The molecular weight excluding hydrogens is 472 g/mol. The number of nitrogens with two attached hydrogens (primary N) is 1. The van der Waals surface area contributed by atoms with Crippen LogP contribution < -0.4 is 26.7 Å². The maximum atomic E-state index is 13.3. The highest BCUT2D eigenvalue weighted by Gasteiger charge is 2.24. The maximum absolute atomic E-state index is 13.3. The Labute approximate surface area is 215 Å². The Bertz CT molecular complexity index is 1320. The third kappa shape index (κ3) is 7.25. The molecule has 3 rings (SSSR count). The maximum Gasteiger partial charge on any atom is 0.253 e. The minimum atomic E-state index is -0.787. The quantitative estimate of drug-likeness (QED) is 0.286. The lowest BCUT2D eigenvalue weighted by molar-refractivity contribution is -0.117. The third-order valence-electron chi connectivity index (χ3n) is 5.63. The Morgan fingerprint density at radius 1 is 1.30 bits per heavy atom. The Balaban J connectivity index is 1.91. The lowest BCUT2D eigenvalue weighted by Crippen LogP contribution is -2.32. The van der Waals surface area contributed by atoms with Crippen LogP contribution in [0.1, 0.15) is 36.2 Å². The molecule has 0 bridgehead atoms. The highest BCUT2D eigenvalue weighted by Crippen LogP contribution is 2.23. The van der Waals surface area contributed by atoms with Gasteiger partial charge in [-0.1, -0.05) is 12.1 Å². The van der Waals surface area contributed by atoms with E-state index in [-0.39, 0.29) is 42.7 Å². The van der Waals surface area contributed by atoms with Crippen LogP contribution in [0.5, 0.6) is 5.75 Å². The molecule has 0 spiro atoms. The first-order valence-electron chi connectivity index (χ1n) is 12.0. The van der Waals surface area contributed by atoms with Crippen LogP contribution in [0.25, 0.3) is 0 Å². The number of H-pyrrole nitrogens is 1. The molecule has 37 heavy (non-hydrogen) atoms. The minimum Gasteiger partial charge on any atom is -0.491 e. The van der Waals surface area contributed by atoms with Crippen molar-refractivity contribution in [1.29, 1.82) is 5.41 Å². The summed E-state index contributed by atoms with van der Waals surface area (Å²) in [6, 6.07) is 8.94. The largest absolute Gasteiger partial charge is 0.491 e. The number of ether oxygens (including phenoxy) is 1. The number of nitrogens with zero attached hydrogens (tertiary/aromatic N) is 1. The van der Waals surface area contributed by atoms with Crippen molar-refractivity contribution < 1.29 is 14.6 Å². The van der Waals surface area contributed by atoms with Crippen LogP contribution in [0.3, 0.4) is 0 Å². The molecule has 1 aliphatic rings. The number of allylic oxidation sites excluding steroid dienone is 1. The summed E-state index contributed by atoms with van der Waals surface area (Å²) < 4.78 is 5.60. The zero-order chi connectivity index (χ0) is 27.1. The van der Waals surface area contributed by atoms with Gasteiger partial charge in [0, 0.05) is 47.7 Å². The number of aryl methyl sites for hydroxylation is 2. The fourth-order valence-electron chi connectivity index (χ4n) is 3.66. The normalized spacial score (nSPS) is 15.3. The fourth-order valence-corrected chi connectivity index (χ4v) is 3.66. The number of aromatic amines is 1. The second kappa shape index (κ2) is 12.3. The summed E-state index contributed by atoms with van der Waals surface area (Å²) in [4.78, 5) is 32.9. The van der Waals surface area contributed by atoms with Gasteiger partial charge in [-0.15, -0.1) is 0 Å². The molecule has 196 valence electrons. The zero-order valence-electron chi connectivity index (χ0n) is 21.5. The molecule has 1 atom stereocenters. The van der Waals surface area contributed by atoms with Gasteiger partial charge in [-0.2, -0.15) is 0 Å². The van der Waals surface area contributed by atoms with Crippen LogP contribution in [0.2, 0.25) is 0 Å². The first-order chi connectivity index (χ1) is 17.6. The zero-order valence-corrected chi connectivity index (χ0v) is 21.5. The molecule has 0 fully saturated rings. The van der Waals surface area contributed by atoms with Gasteiger partial charge in [-0.3, -0.25) is 15.0 Å². The number of aliphatic imine (C=N–C) groups is 1. The highest BCUT2D eigenvalue weighted by atomic mass is 16.5. The van der Waals surface area contributed by atoms with Crippen LogP contribution >= 0.6 is 0 Å². The fraction of sp³-hybridized carbons (Fsp3) is 0.333. The van der Waals surface area contributed by atoms with Crippen molar-refractivity contribution in [3.05, 3.63) is 86.5 Å². The van der Waals surface area contributed by atoms with Crippen LogP contribution in [0.4, 0.5) is 0 Å². The van der Waals surface area contributed by atoms with E-state index < -0.39 is 12.0 Å². The first-order valence-corrected chi connectivity index (χ1v) is 12.0. The molecule has 7 N–H and O–H groups in total. The van der Waals surface area contributed by atoms with E-state index in [1.54, 1.807) is 43.5 Å². The number of hydrogen-bond donors (Lipinski definition) is 6. The van der Waals surface area contributed by atoms with E-state index in [0.29, 0.717) is 28.2 Å². The van der Waals surface area contributed by atoms with Crippen molar-refractivity contribution >= 4 is 17.5 Å². The van der Waals surface area contributed by atoms with Crippen LogP contribution in [-0.2, 0) is 11.3 Å². The van der Waals surface area contributed by atoms with Gasteiger partial charge in [-0.05, 0) is 57.5 Å². The number of hydrogen-bond acceptors (Lipinski definition) is 7. The number of amides is 1. The number of aromatic nitrogens is 1. The average Bonchev–Trinajstić information content (AvgIpc) is 2.85. The van der Waals surface area contributed by atoms with Crippen LogP contribution in [0, 0.1) is 19.3 Å². The molecule has 0 aliphatic carbocycles. The van der Waals surface area contributed by atoms with Gasteiger partial charge in [-0.25, -0.2) is 4.99 Å². The van der Waals surface area contributed by atoms with Crippen LogP contribution in [-0.4, -0.2) is 52.8 Å². The Hall–Kier alpha value is -4.02. The van der Waals surface area contributed by atoms with Crippen molar-refractivity contribution in [3.8, 4) is 5.75 Å². The Morgan fingerprint density at radius 3 is 2.73 bits per heavy atom. The number of carbonyl (C=O) groups is 1. The number of carbonyl (C=O) groups excluding carboxylic acids is 1. The van der Waals surface area contributed by atoms with E-state index in [1.165, 1.54) is 0 Å². The number of amidine groups is 1. The number of aliphatic hydroxyl groups excluding tert-OH is 1. The molecule has 0 radical (unpaired) electrons. The summed E-state index contributed by atoms with van der Waals surface area (Å²) in [6.45, 7) is 7.67. The van der Waals surface area contributed by atoms with Crippen LogP contribution in [0.15, 0.2) is 63.5 Å². The Kier molecular flexibility index (Phi) is 9.15. The standard InChI is InChI=1S/C27H34N6O4/c1-15(2)30-13-23-21(26(35)31-12-22-16(3)8-17(4)32-27(22)36)10-24(33-25(23)29)18-6-5-7-20(9-18)37-14-19(34)11-28/h5-10,13,15,19,29-30,34H,11-12,14,28H2,1-4H3,(H,31,35)(H,32,36)/b23-13-,29-25?. The van der Waals surface area contributed by atoms with Gasteiger partial charge in [0.1, 0.15) is 18.5 Å². The predicted octanol–water partition coefficient (Wildman–Crippen LogP) is 1.59. The molecule has 0 saturated carbocycles. The van der Waals surface area contributed by atoms with Crippen molar-refractivity contribution in [2.24, 2.45) is 10.7 Å². The van der Waals surface area contributed by atoms with Crippen molar-refractivity contribution in [1.82, 2.24) is 15.6 Å².